The molecule has 19 heavy (non-hydrogen) atoms. The number of nitrogen functional groups attached to an aromatic ring is 1. The SMILES string of the molecule is CC1CN(C(=O)c2cc(N)nc(Cl)c2)CC(C)N1C. The third-order valence-corrected chi connectivity index (χ3v) is 3.90. The van der Waals surface area contributed by atoms with Crippen molar-refractivity contribution in [2.45, 2.75) is 25.9 Å². The molecule has 2 heterocycles. The van der Waals surface area contributed by atoms with Crippen LogP contribution in [0.25, 0.3) is 0 Å². The van der Waals surface area contributed by atoms with E-state index in [1.165, 1.54) is 0 Å². The Morgan fingerprint density at radius 3 is 2.47 bits per heavy atom. The van der Waals surface area contributed by atoms with Crippen molar-refractivity contribution in [1.29, 1.82) is 0 Å². The lowest BCUT2D eigenvalue weighted by atomic mass is 10.1. The fraction of sp³-hybridized carbons (Fsp3) is 0.538. The van der Waals surface area contributed by atoms with E-state index in [0.717, 1.165) is 0 Å². The predicted octanol–water partition coefficient (Wildman–Crippen LogP) is 1.48. The highest BCUT2D eigenvalue weighted by molar-refractivity contribution is 6.29. The lowest BCUT2D eigenvalue weighted by molar-refractivity contribution is 0.0414. The number of amides is 1. The summed E-state index contributed by atoms with van der Waals surface area (Å²) in [6.45, 7) is 5.65. The Balaban J connectivity index is 2.20. The van der Waals surface area contributed by atoms with Crippen LogP contribution in [0, 0.1) is 0 Å². The summed E-state index contributed by atoms with van der Waals surface area (Å²) in [7, 11) is 2.08. The molecule has 0 aromatic carbocycles. The monoisotopic (exact) mass is 282 g/mol. The highest BCUT2D eigenvalue weighted by Gasteiger charge is 2.29. The van der Waals surface area contributed by atoms with E-state index < -0.39 is 0 Å². The Bertz CT molecular complexity index is 461. The maximum atomic E-state index is 12.5. The van der Waals surface area contributed by atoms with Crippen molar-refractivity contribution in [3.05, 3.63) is 22.8 Å². The Kier molecular flexibility index (Phi) is 3.96. The summed E-state index contributed by atoms with van der Waals surface area (Å²) in [6.07, 6.45) is 0. The second-order valence-electron chi connectivity index (χ2n) is 5.18. The maximum Gasteiger partial charge on any atom is 0.254 e. The number of nitrogens with zero attached hydrogens (tertiary/aromatic N) is 3. The Hall–Kier alpha value is -1.33. The van der Waals surface area contributed by atoms with Gasteiger partial charge in [0.15, 0.2) is 0 Å². The Morgan fingerprint density at radius 2 is 1.95 bits per heavy atom. The number of anilines is 1. The van der Waals surface area contributed by atoms with E-state index in [1.807, 2.05) is 4.90 Å². The molecule has 0 bridgehead atoms. The zero-order valence-electron chi connectivity index (χ0n) is 11.4. The lowest BCUT2D eigenvalue weighted by Crippen LogP contribution is -2.56. The van der Waals surface area contributed by atoms with Crippen LogP contribution in [0.5, 0.6) is 0 Å². The standard InChI is InChI=1S/C13H19ClN4O/c1-8-6-18(7-9(2)17(8)3)13(19)10-4-11(14)16-12(15)5-10/h4-5,8-9H,6-7H2,1-3H3,(H2,15,16). The fourth-order valence-electron chi connectivity index (χ4n) is 2.39. The molecule has 0 aliphatic carbocycles. The largest absolute Gasteiger partial charge is 0.384 e. The van der Waals surface area contributed by atoms with Crippen LogP contribution >= 0.6 is 11.6 Å². The van der Waals surface area contributed by atoms with Crippen LogP contribution in [0.15, 0.2) is 12.1 Å². The van der Waals surface area contributed by atoms with Gasteiger partial charge in [-0.1, -0.05) is 11.6 Å². The first kappa shape index (κ1) is 14.1. The van der Waals surface area contributed by atoms with E-state index >= 15 is 0 Å². The van der Waals surface area contributed by atoms with Crippen LogP contribution in [0.3, 0.4) is 0 Å². The number of hydrogen-bond donors (Lipinski definition) is 1. The number of aromatic nitrogens is 1. The van der Waals surface area contributed by atoms with Crippen LogP contribution in [0.2, 0.25) is 5.15 Å². The molecule has 0 spiro atoms. The van der Waals surface area contributed by atoms with Gasteiger partial charge in [-0.2, -0.15) is 0 Å². The van der Waals surface area contributed by atoms with Gasteiger partial charge in [0.05, 0.1) is 0 Å². The third-order valence-electron chi connectivity index (χ3n) is 3.71. The number of likely N-dealkylation sites (N-methyl/N-ethyl adjacent to an activating group) is 1. The summed E-state index contributed by atoms with van der Waals surface area (Å²) in [4.78, 5) is 20.5. The van der Waals surface area contributed by atoms with Gasteiger partial charge < -0.3 is 10.6 Å². The molecule has 2 atom stereocenters. The molecule has 1 saturated heterocycles. The minimum Gasteiger partial charge on any atom is -0.384 e. The van der Waals surface area contributed by atoms with E-state index in [1.54, 1.807) is 12.1 Å². The Labute approximate surface area is 118 Å². The van der Waals surface area contributed by atoms with Crippen LogP contribution in [0.1, 0.15) is 24.2 Å². The lowest BCUT2D eigenvalue weighted by Gasteiger charge is -2.42. The van der Waals surface area contributed by atoms with E-state index in [2.05, 4.69) is 30.8 Å². The van der Waals surface area contributed by atoms with Crippen molar-refractivity contribution >= 4 is 23.3 Å². The number of piperazine rings is 1. The first-order valence-corrected chi connectivity index (χ1v) is 6.70. The van der Waals surface area contributed by atoms with Crippen LogP contribution in [-0.2, 0) is 0 Å². The zero-order chi connectivity index (χ0) is 14.2. The minimum absolute atomic E-state index is 0.0391. The highest BCUT2D eigenvalue weighted by atomic mass is 35.5. The number of halogens is 1. The van der Waals surface area contributed by atoms with Gasteiger partial charge in [-0.3, -0.25) is 9.69 Å². The summed E-state index contributed by atoms with van der Waals surface area (Å²) < 4.78 is 0. The van der Waals surface area contributed by atoms with E-state index in [0.29, 0.717) is 30.7 Å². The molecule has 2 rings (SSSR count). The molecule has 5 nitrogen and oxygen atoms in total. The number of carbonyl (C=O) groups is 1. The van der Waals surface area contributed by atoms with Gasteiger partial charge in [0.2, 0.25) is 0 Å². The Morgan fingerprint density at radius 1 is 1.37 bits per heavy atom. The van der Waals surface area contributed by atoms with Crippen molar-refractivity contribution in [1.82, 2.24) is 14.8 Å². The number of rotatable bonds is 1. The number of nitrogens with two attached hydrogens (primary N) is 1. The highest BCUT2D eigenvalue weighted by Crippen LogP contribution is 2.18. The molecule has 2 N–H and O–H groups in total. The number of pyridine rings is 1. The van der Waals surface area contributed by atoms with Gasteiger partial charge in [0, 0.05) is 30.7 Å². The van der Waals surface area contributed by atoms with Gasteiger partial charge in [0.1, 0.15) is 11.0 Å². The summed E-state index contributed by atoms with van der Waals surface area (Å²) in [5.41, 5.74) is 6.13. The topological polar surface area (TPSA) is 62.5 Å². The minimum atomic E-state index is -0.0391. The van der Waals surface area contributed by atoms with Gasteiger partial charge in [-0.25, -0.2) is 4.98 Å². The average Bonchev–Trinajstić information content (AvgIpc) is 2.33. The van der Waals surface area contributed by atoms with E-state index in [4.69, 9.17) is 17.3 Å². The molecule has 1 aromatic rings. The van der Waals surface area contributed by atoms with Crippen molar-refractivity contribution in [2.24, 2.45) is 0 Å². The molecular weight excluding hydrogens is 264 g/mol. The maximum absolute atomic E-state index is 12.5. The molecule has 1 amide bonds. The summed E-state index contributed by atoms with van der Waals surface area (Å²) in [6, 6.07) is 3.81. The van der Waals surface area contributed by atoms with Gasteiger partial charge in [-0.15, -0.1) is 0 Å². The quantitative estimate of drug-likeness (QED) is 0.793. The third kappa shape index (κ3) is 2.98. The summed E-state index contributed by atoms with van der Waals surface area (Å²) >= 11 is 5.84. The number of hydrogen-bond acceptors (Lipinski definition) is 4. The molecule has 6 heteroatoms. The summed E-state index contributed by atoms with van der Waals surface area (Å²) in [5.74, 6) is 0.230. The van der Waals surface area contributed by atoms with Crippen LogP contribution in [-0.4, -0.2) is 52.9 Å². The van der Waals surface area contributed by atoms with Crippen molar-refractivity contribution in [3.8, 4) is 0 Å². The molecule has 104 valence electrons. The van der Waals surface area contributed by atoms with Gasteiger partial charge >= 0.3 is 0 Å². The normalized spacial score (nSPS) is 24.5. The van der Waals surface area contributed by atoms with Crippen molar-refractivity contribution in [3.63, 3.8) is 0 Å². The molecule has 2 unspecified atom stereocenters. The van der Waals surface area contributed by atoms with E-state index in [-0.39, 0.29) is 16.9 Å². The molecule has 1 aromatic heterocycles. The molecule has 1 aliphatic heterocycles. The molecule has 0 radical (unpaired) electrons. The van der Waals surface area contributed by atoms with E-state index in [9.17, 15) is 4.79 Å². The molecular formula is C13H19ClN4O. The smallest absolute Gasteiger partial charge is 0.254 e. The first-order valence-electron chi connectivity index (χ1n) is 6.32. The predicted molar refractivity (Wildman–Crippen MR) is 76.2 cm³/mol. The van der Waals surface area contributed by atoms with Crippen LogP contribution in [0.4, 0.5) is 5.82 Å². The zero-order valence-corrected chi connectivity index (χ0v) is 12.2. The van der Waals surface area contributed by atoms with Gasteiger partial charge in [0.25, 0.3) is 5.91 Å². The fourth-order valence-corrected chi connectivity index (χ4v) is 2.61. The average molecular weight is 283 g/mol. The number of carbonyl (C=O) groups excluding carboxylic acids is 1. The second-order valence-corrected chi connectivity index (χ2v) is 5.56. The van der Waals surface area contributed by atoms with Crippen molar-refractivity contribution < 1.29 is 4.79 Å². The van der Waals surface area contributed by atoms with Crippen LogP contribution < -0.4 is 5.73 Å². The van der Waals surface area contributed by atoms with Gasteiger partial charge in [-0.05, 0) is 33.0 Å². The molecule has 1 aliphatic rings. The molecule has 0 saturated carbocycles. The molecule has 1 fully saturated rings. The first-order chi connectivity index (χ1) is 8.88. The second kappa shape index (κ2) is 5.35. The van der Waals surface area contributed by atoms with Crippen molar-refractivity contribution in [2.75, 3.05) is 25.9 Å². The summed E-state index contributed by atoms with van der Waals surface area (Å²) in [5, 5.41) is 0.249.